The minimum Gasteiger partial charge on any atom is -0.480 e. The predicted molar refractivity (Wildman–Crippen MR) is 67.0 cm³/mol. The van der Waals surface area contributed by atoms with E-state index in [4.69, 9.17) is 10.4 Å². The van der Waals surface area contributed by atoms with Crippen LogP contribution < -0.4 is 5.32 Å². The van der Waals surface area contributed by atoms with Crippen LogP contribution >= 0.6 is 11.8 Å². The standard InChI is InChI=1S/C12H10F2N2O3S/c1-6(17)16-10(12(18)19)5-20-11-8(13)2-7(4-15)3-9(11)14/h2-3,10H,5H2,1H3,(H,16,17)(H,18,19)/t10-/m0/s1. The molecule has 1 atom stereocenters. The molecule has 0 spiro atoms. The minimum atomic E-state index is -1.30. The molecule has 106 valence electrons. The number of rotatable bonds is 5. The molecular formula is C12H10F2N2O3S. The van der Waals surface area contributed by atoms with E-state index >= 15 is 0 Å². The van der Waals surface area contributed by atoms with Crippen molar-refractivity contribution in [2.24, 2.45) is 0 Å². The molecule has 0 bridgehead atoms. The first-order valence-electron chi connectivity index (χ1n) is 5.37. The van der Waals surface area contributed by atoms with Gasteiger partial charge in [0.1, 0.15) is 17.7 Å². The highest BCUT2D eigenvalue weighted by atomic mass is 32.2. The van der Waals surface area contributed by atoms with E-state index < -0.39 is 29.6 Å². The van der Waals surface area contributed by atoms with Crippen molar-refractivity contribution in [1.82, 2.24) is 5.32 Å². The summed E-state index contributed by atoms with van der Waals surface area (Å²) < 4.78 is 27.1. The van der Waals surface area contributed by atoms with Gasteiger partial charge in [-0.3, -0.25) is 4.79 Å². The summed E-state index contributed by atoms with van der Waals surface area (Å²) in [5.41, 5.74) is -0.166. The molecule has 0 aliphatic heterocycles. The number of nitrogens with zero attached hydrogens (tertiary/aromatic N) is 1. The number of hydrogen-bond donors (Lipinski definition) is 2. The van der Waals surface area contributed by atoms with Crippen LogP contribution in [0.2, 0.25) is 0 Å². The summed E-state index contributed by atoms with van der Waals surface area (Å²) in [6.07, 6.45) is 0. The summed E-state index contributed by atoms with van der Waals surface area (Å²) in [4.78, 5) is 21.3. The number of benzene rings is 1. The Morgan fingerprint density at radius 1 is 1.45 bits per heavy atom. The molecule has 1 rings (SSSR count). The van der Waals surface area contributed by atoms with Gasteiger partial charge in [0.2, 0.25) is 5.91 Å². The molecule has 8 heteroatoms. The number of carbonyl (C=O) groups excluding carboxylic acids is 1. The van der Waals surface area contributed by atoms with Gasteiger partial charge in [-0.1, -0.05) is 0 Å². The largest absolute Gasteiger partial charge is 0.480 e. The van der Waals surface area contributed by atoms with Gasteiger partial charge in [-0.05, 0) is 12.1 Å². The maximum atomic E-state index is 13.6. The molecule has 0 aromatic heterocycles. The molecule has 1 aromatic carbocycles. The topological polar surface area (TPSA) is 90.2 Å². The van der Waals surface area contributed by atoms with Gasteiger partial charge in [-0.2, -0.15) is 5.26 Å². The van der Waals surface area contributed by atoms with Gasteiger partial charge in [0.15, 0.2) is 0 Å². The zero-order valence-corrected chi connectivity index (χ0v) is 11.1. The van der Waals surface area contributed by atoms with Crippen molar-refractivity contribution >= 4 is 23.6 Å². The van der Waals surface area contributed by atoms with E-state index in [-0.39, 0.29) is 16.2 Å². The lowest BCUT2D eigenvalue weighted by Gasteiger charge is -2.13. The van der Waals surface area contributed by atoms with Gasteiger partial charge in [0.05, 0.1) is 16.5 Å². The van der Waals surface area contributed by atoms with Crippen molar-refractivity contribution in [1.29, 1.82) is 5.26 Å². The Hall–Kier alpha value is -2.14. The van der Waals surface area contributed by atoms with Crippen LogP contribution in [0.5, 0.6) is 0 Å². The van der Waals surface area contributed by atoms with Crippen LogP contribution in [0, 0.1) is 23.0 Å². The van der Waals surface area contributed by atoms with Crippen molar-refractivity contribution in [3.8, 4) is 6.07 Å². The molecule has 0 saturated heterocycles. The maximum absolute atomic E-state index is 13.6. The second-order valence-corrected chi connectivity index (χ2v) is 4.81. The fourth-order valence-corrected chi connectivity index (χ4v) is 2.30. The molecule has 0 fully saturated rings. The van der Waals surface area contributed by atoms with Gasteiger partial charge in [0, 0.05) is 12.7 Å². The molecule has 2 N–H and O–H groups in total. The van der Waals surface area contributed by atoms with Gasteiger partial charge >= 0.3 is 5.97 Å². The lowest BCUT2D eigenvalue weighted by Crippen LogP contribution is -2.41. The average molecular weight is 300 g/mol. The van der Waals surface area contributed by atoms with E-state index in [1.165, 1.54) is 0 Å². The lowest BCUT2D eigenvalue weighted by atomic mass is 10.2. The smallest absolute Gasteiger partial charge is 0.327 e. The summed E-state index contributed by atoms with van der Waals surface area (Å²) >= 11 is 0.616. The van der Waals surface area contributed by atoms with Gasteiger partial charge in [-0.15, -0.1) is 11.8 Å². The third-order valence-electron chi connectivity index (χ3n) is 2.20. The SMILES string of the molecule is CC(=O)N[C@@H](CSc1c(F)cc(C#N)cc1F)C(=O)O. The van der Waals surface area contributed by atoms with Crippen LogP contribution in [0.15, 0.2) is 17.0 Å². The summed E-state index contributed by atoms with van der Waals surface area (Å²) in [6.45, 7) is 1.14. The Bertz CT molecular complexity index is 564. The number of hydrogen-bond acceptors (Lipinski definition) is 4. The zero-order valence-electron chi connectivity index (χ0n) is 10.3. The number of carboxylic acids is 1. The first-order chi connectivity index (χ1) is 9.35. The molecule has 1 amide bonds. The second kappa shape index (κ2) is 6.86. The van der Waals surface area contributed by atoms with E-state index in [0.29, 0.717) is 11.8 Å². The third-order valence-corrected chi connectivity index (χ3v) is 3.38. The summed E-state index contributed by atoms with van der Waals surface area (Å²) in [5, 5.41) is 19.6. The summed E-state index contributed by atoms with van der Waals surface area (Å²) in [7, 11) is 0. The Balaban J connectivity index is 2.86. The number of amides is 1. The first kappa shape index (κ1) is 15.9. The molecule has 0 radical (unpaired) electrons. The molecule has 0 aliphatic carbocycles. The van der Waals surface area contributed by atoms with Crippen molar-refractivity contribution in [3.05, 3.63) is 29.3 Å². The number of thioether (sulfide) groups is 1. The first-order valence-corrected chi connectivity index (χ1v) is 6.35. The van der Waals surface area contributed by atoms with Crippen LogP contribution in [0.4, 0.5) is 8.78 Å². The number of carbonyl (C=O) groups is 2. The molecule has 0 aliphatic rings. The van der Waals surface area contributed by atoms with Crippen LogP contribution in [-0.2, 0) is 9.59 Å². The number of aliphatic carboxylic acids is 1. The van der Waals surface area contributed by atoms with E-state index in [1.807, 2.05) is 0 Å². The fourth-order valence-electron chi connectivity index (χ4n) is 1.35. The van der Waals surface area contributed by atoms with Gasteiger partial charge in [-0.25, -0.2) is 13.6 Å². The highest BCUT2D eigenvalue weighted by Gasteiger charge is 2.21. The molecule has 0 unspecified atom stereocenters. The van der Waals surface area contributed by atoms with E-state index in [1.54, 1.807) is 6.07 Å². The van der Waals surface area contributed by atoms with Crippen LogP contribution in [0.1, 0.15) is 12.5 Å². The number of nitrogens with one attached hydrogen (secondary N) is 1. The Morgan fingerprint density at radius 2 is 2.00 bits per heavy atom. The molecule has 0 heterocycles. The number of nitriles is 1. The summed E-state index contributed by atoms with van der Waals surface area (Å²) in [5.74, 6) is -3.99. The molecule has 20 heavy (non-hydrogen) atoms. The Kier molecular flexibility index (Phi) is 5.46. The molecule has 5 nitrogen and oxygen atoms in total. The summed E-state index contributed by atoms with van der Waals surface area (Å²) in [6, 6.07) is 2.07. The predicted octanol–water partition coefficient (Wildman–Crippen LogP) is 1.52. The highest BCUT2D eigenvalue weighted by Crippen LogP contribution is 2.26. The van der Waals surface area contributed by atoms with Gasteiger partial charge in [0.25, 0.3) is 0 Å². The molecule has 1 aromatic rings. The quantitative estimate of drug-likeness (QED) is 0.805. The number of carboxylic acid groups (broad SMARTS) is 1. The molecular weight excluding hydrogens is 290 g/mol. The van der Waals surface area contributed by atoms with Crippen LogP contribution in [0.25, 0.3) is 0 Å². The minimum absolute atomic E-state index is 0.166. The van der Waals surface area contributed by atoms with Crippen molar-refractivity contribution in [2.45, 2.75) is 17.9 Å². The Morgan fingerprint density at radius 3 is 2.40 bits per heavy atom. The van der Waals surface area contributed by atoms with Crippen molar-refractivity contribution in [2.75, 3.05) is 5.75 Å². The van der Waals surface area contributed by atoms with E-state index in [9.17, 15) is 18.4 Å². The van der Waals surface area contributed by atoms with E-state index in [0.717, 1.165) is 19.1 Å². The maximum Gasteiger partial charge on any atom is 0.327 e. The second-order valence-electron chi connectivity index (χ2n) is 3.78. The fraction of sp³-hybridized carbons (Fsp3) is 0.250. The van der Waals surface area contributed by atoms with Crippen LogP contribution in [0.3, 0.4) is 0 Å². The monoisotopic (exact) mass is 300 g/mol. The lowest BCUT2D eigenvalue weighted by molar-refractivity contribution is -0.140. The zero-order chi connectivity index (χ0) is 15.3. The highest BCUT2D eigenvalue weighted by molar-refractivity contribution is 7.99. The third kappa shape index (κ3) is 4.20. The van der Waals surface area contributed by atoms with Crippen LogP contribution in [-0.4, -0.2) is 28.8 Å². The van der Waals surface area contributed by atoms with Crippen molar-refractivity contribution in [3.63, 3.8) is 0 Å². The normalized spacial score (nSPS) is 11.5. The average Bonchev–Trinajstić information content (AvgIpc) is 2.35. The van der Waals surface area contributed by atoms with E-state index in [2.05, 4.69) is 5.32 Å². The van der Waals surface area contributed by atoms with Crippen molar-refractivity contribution < 1.29 is 23.5 Å². The number of halogens is 2. The Labute approximate surface area is 117 Å². The molecule has 0 saturated carbocycles. The van der Waals surface area contributed by atoms with Gasteiger partial charge < -0.3 is 10.4 Å².